The highest BCUT2D eigenvalue weighted by Crippen LogP contribution is 2.37. The Labute approximate surface area is 137 Å². The van der Waals surface area contributed by atoms with Crippen LogP contribution in [0.25, 0.3) is 10.9 Å². The molecule has 8 heteroatoms. The number of aliphatic hydroxyl groups excluding tert-OH is 1. The standard InChI is InChI=1S/C16H18N2O6/c1-22-8-24-14-4-9(7-19)3-12-10(14)5-13-15(20)11(6-18(12)13)17-16(21)23-2/h3-5,7,11,15,20H,6,8H2,1-2H3,(H,17,21)/t11-,15?/m0/s1. The minimum absolute atomic E-state index is 0.0486. The fourth-order valence-electron chi connectivity index (χ4n) is 2.96. The first kappa shape index (κ1) is 16.3. The first-order valence-electron chi connectivity index (χ1n) is 7.35. The van der Waals surface area contributed by atoms with Gasteiger partial charge in [0, 0.05) is 30.3 Å². The number of ether oxygens (including phenoxy) is 3. The minimum atomic E-state index is -0.883. The van der Waals surface area contributed by atoms with Crippen molar-refractivity contribution in [1.82, 2.24) is 9.88 Å². The SMILES string of the molecule is COCOc1cc(C=O)cc2c1cc1n2C[C@H](NC(=O)OC)C1O. The Bertz CT molecular complexity index is 784. The molecule has 1 aliphatic heterocycles. The number of carbonyl (C=O) groups is 2. The topological polar surface area (TPSA) is 99.0 Å². The van der Waals surface area contributed by atoms with Crippen molar-refractivity contribution in [3.63, 3.8) is 0 Å². The van der Waals surface area contributed by atoms with Crippen LogP contribution in [-0.4, -0.2) is 49.1 Å². The number of nitrogens with one attached hydrogen (secondary N) is 1. The summed E-state index contributed by atoms with van der Waals surface area (Å²) in [4.78, 5) is 22.6. The molecule has 0 radical (unpaired) electrons. The summed E-state index contributed by atoms with van der Waals surface area (Å²) < 4.78 is 16.9. The lowest BCUT2D eigenvalue weighted by molar-refractivity contribution is 0.0521. The van der Waals surface area contributed by atoms with Crippen LogP contribution in [0, 0.1) is 0 Å². The maximum atomic E-state index is 11.4. The van der Waals surface area contributed by atoms with E-state index in [9.17, 15) is 14.7 Å². The van der Waals surface area contributed by atoms with E-state index < -0.39 is 18.2 Å². The zero-order valence-electron chi connectivity index (χ0n) is 13.3. The number of methoxy groups -OCH3 is 2. The molecule has 2 heterocycles. The molecular formula is C16H18N2O6. The molecule has 0 saturated heterocycles. The van der Waals surface area contributed by atoms with Gasteiger partial charge in [-0.2, -0.15) is 0 Å². The number of aliphatic hydroxyl groups is 1. The second kappa shape index (κ2) is 6.50. The maximum absolute atomic E-state index is 11.4. The van der Waals surface area contributed by atoms with Crippen LogP contribution in [0.5, 0.6) is 5.75 Å². The fraction of sp³-hybridized carbons (Fsp3) is 0.375. The second-order valence-corrected chi connectivity index (χ2v) is 5.49. The lowest BCUT2D eigenvalue weighted by Gasteiger charge is -2.15. The van der Waals surface area contributed by atoms with Gasteiger partial charge in [-0.05, 0) is 18.2 Å². The number of rotatable bonds is 5. The number of aromatic nitrogens is 1. The van der Waals surface area contributed by atoms with Crippen molar-refractivity contribution < 1.29 is 28.9 Å². The number of alkyl carbamates (subject to hydrolysis) is 1. The molecule has 3 rings (SSSR count). The Hall–Kier alpha value is -2.58. The second-order valence-electron chi connectivity index (χ2n) is 5.49. The average molecular weight is 334 g/mol. The molecule has 24 heavy (non-hydrogen) atoms. The molecule has 128 valence electrons. The normalized spacial score (nSPS) is 19.1. The van der Waals surface area contributed by atoms with Crippen LogP contribution in [0.15, 0.2) is 18.2 Å². The van der Waals surface area contributed by atoms with E-state index in [0.717, 1.165) is 17.2 Å². The van der Waals surface area contributed by atoms with Crippen LogP contribution in [0.4, 0.5) is 4.79 Å². The van der Waals surface area contributed by atoms with Crippen LogP contribution in [0.2, 0.25) is 0 Å². The predicted molar refractivity (Wildman–Crippen MR) is 84.1 cm³/mol. The van der Waals surface area contributed by atoms with Crippen molar-refractivity contribution in [1.29, 1.82) is 0 Å². The number of hydrogen-bond donors (Lipinski definition) is 2. The molecule has 2 aromatic rings. The Balaban J connectivity index is 2.01. The van der Waals surface area contributed by atoms with Crippen LogP contribution in [-0.2, 0) is 16.0 Å². The molecule has 0 saturated carbocycles. The molecular weight excluding hydrogens is 316 g/mol. The maximum Gasteiger partial charge on any atom is 0.407 e. The third-order valence-electron chi connectivity index (χ3n) is 4.06. The molecule has 1 aromatic carbocycles. The van der Waals surface area contributed by atoms with Gasteiger partial charge in [-0.25, -0.2) is 4.79 Å². The van der Waals surface area contributed by atoms with E-state index in [2.05, 4.69) is 10.1 Å². The number of carbonyl (C=O) groups excluding carboxylic acids is 2. The molecule has 1 amide bonds. The van der Waals surface area contributed by atoms with Gasteiger partial charge in [0.1, 0.15) is 18.1 Å². The van der Waals surface area contributed by atoms with Crippen LogP contribution in [0.1, 0.15) is 22.2 Å². The zero-order chi connectivity index (χ0) is 17.3. The smallest absolute Gasteiger partial charge is 0.407 e. The summed E-state index contributed by atoms with van der Waals surface area (Å²) in [5, 5.41) is 13.8. The third kappa shape index (κ3) is 2.70. The summed E-state index contributed by atoms with van der Waals surface area (Å²) in [6, 6.07) is 4.64. The summed E-state index contributed by atoms with van der Waals surface area (Å²) in [5.74, 6) is 0.503. The van der Waals surface area contributed by atoms with E-state index in [4.69, 9.17) is 9.47 Å². The van der Waals surface area contributed by atoms with Gasteiger partial charge in [-0.1, -0.05) is 0 Å². The molecule has 1 aliphatic rings. The Morgan fingerprint density at radius 1 is 1.42 bits per heavy atom. The highest BCUT2D eigenvalue weighted by atomic mass is 16.7. The third-order valence-corrected chi connectivity index (χ3v) is 4.06. The van der Waals surface area contributed by atoms with Crippen molar-refractivity contribution in [2.24, 2.45) is 0 Å². The first-order valence-corrected chi connectivity index (χ1v) is 7.35. The van der Waals surface area contributed by atoms with E-state index in [0.29, 0.717) is 23.6 Å². The van der Waals surface area contributed by atoms with Crippen molar-refractivity contribution in [2.45, 2.75) is 18.7 Å². The molecule has 1 unspecified atom stereocenters. The van der Waals surface area contributed by atoms with Gasteiger partial charge in [-0.3, -0.25) is 4.79 Å². The molecule has 0 fully saturated rings. The first-order chi connectivity index (χ1) is 11.6. The number of hydrogen-bond acceptors (Lipinski definition) is 6. The predicted octanol–water partition coefficient (Wildman–Crippen LogP) is 1.21. The molecule has 1 aromatic heterocycles. The highest BCUT2D eigenvalue weighted by Gasteiger charge is 2.34. The number of fused-ring (bicyclic) bond motifs is 3. The van der Waals surface area contributed by atoms with E-state index in [1.807, 2.05) is 4.57 Å². The summed E-state index contributed by atoms with van der Waals surface area (Å²) >= 11 is 0. The van der Waals surface area contributed by atoms with Gasteiger partial charge in [0.05, 0.1) is 18.7 Å². The van der Waals surface area contributed by atoms with Crippen LogP contribution >= 0.6 is 0 Å². The Kier molecular flexibility index (Phi) is 4.41. The van der Waals surface area contributed by atoms with E-state index in [-0.39, 0.29) is 6.79 Å². The number of nitrogens with zero attached hydrogens (tertiary/aromatic N) is 1. The number of amides is 1. The summed E-state index contributed by atoms with van der Waals surface area (Å²) in [6.07, 6.45) is -0.757. The van der Waals surface area contributed by atoms with Crippen LogP contribution < -0.4 is 10.1 Å². The van der Waals surface area contributed by atoms with Gasteiger partial charge in [0.15, 0.2) is 6.79 Å². The molecule has 2 atom stereocenters. The quantitative estimate of drug-likeness (QED) is 0.630. The largest absolute Gasteiger partial charge is 0.467 e. The van der Waals surface area contributed by atoms with Crippen molar-refractivity contribution in [2.75, 3.05) is 21.0 Å². The van der Waals surface area contributed by atoms with Crippen molar-refractivity contribution in [3.8, 4) is 5.75 Å². The number of benzene rings is 1. The van der Waals surface area contributed by atoms with Gasteiger partial charge in [0.2, 0.25) is 0 Å². The van der Waals surface area contributed by atoms with Crippen molar-refractivity contribution >= 4 is 23.3 Å². The lowest BCUT2D eigenvalue weighted by atomic mass is 10.1. The van der Waals surface area contributed by atoms with E-state index >= 15 is 0 Å². The minimum Gasteiger partial charge on any atom is -0.467 e. The molecule has 2 N–H and O–H groups in total. The lowest BCUT2D eigenvalue weighted by Crippen LogP contribution is -2.38. The van der Waals surface area contributed by atoms with Gasteiger partial charge >= 0.3 is 6.09 Å². The van der Waals surface area contributed by atoms with E-state index in [1.165, 1.54) is 14.2 Å². The summed E-state index contributed by atoms with van der Waals surface area (Å²) in [5.41, 5.74) is 1.83. The average Bonchev–Trinajstić information content (AvgIpc) is 3.10. The summed E-state index contributed by atoms with van der Waals surface area (Å²) in [6.45, 7) is 0.411. The molecule has 8 nitrogen and oxygen atoms in total. The molecule has 0 aliphatic carbocycles. The van der Waals surface area contributed by atoms with Crippen molar-refractivity contribution in [3.05, 3.63) is 29.5 Å². The Morgan fingerprint density at radius 2 is 2.21 bits per heavy atom. The number of aldehydes is 1. The molecule has 0 bridgehead atoms. The Morgan fingerprint density at radius 3 is 2.88 bits per heavy atom. The summed E-state index contributed by atoms with van der Waals surface area (Å²) in [7, 11) is 2.77. The van der Waals surface area contributed by atoms with Gasteiger partial charge in [-0.15, -0.1) is 0 Å². The van der Waals surface area contributed by atoms with E-state index in [1.54, 1.807) is 18.2 Å². The highest BCUT2D eigenvalue weighted by molar-refractivity contribution is 5.93. The van der Waals surface area contributed by atoms with Gasteiger partial charge < -0.3 is 29.2 Å². The zero-order valence-corrected chi connectivity index (χ0v) is 13.3. The monoisotopic (exact) mass is 334 g/mol. The van der Waals surface area contributed by atoms with Gasteiger partial charge in [0.25, 0.3) is 0 Å². The molecule has 0 spiro atoms. The fourth-order valence-corrected chi connectivity index (χ4v) is 2.96. The van der Waals surface area contributed by atoms with Crippen LogP contribution in [0.3, 0.4) is 0 Å².